The summed E-state index contributed by atoms with van der Waals surface area (Å²) >= 11 is 7.27. The number of carboxylic acids is 1. The molecule has 146 valence electrons. The first-order valence-corrected chi connectivity index (χ1v) is 11.3. The predicted octanol–water partition coefficient (Wildman–Crippen LogP) is 4.41. The minimum atomic E-state index is -3.48. The Bertz CT molecular complexity index is 1130. The number of thiazole rings is 1. The smallest absolute Gasteiger partial charge is 0.330 e. The van der Waals surface area contributed by atoms with E-state index in [1.807, 2.05) is 6.07 Å². The van der Waals surface area contributed by atoms with E-state index < -0.39 is 21.8 Å². The maximum absolute atomic E-state index is 11.9. The maximum Gasteiger partial charge on any atom is 0.330 e. The van der Waals surface area contributed by atoms with Crippen LogP contribution in [0.25, 0.3) is 10.4 Å². The van der Waals surface area contributed by atoms with E-state index in [0.29, 0.717) is 22.0 Å². The topological polar surface area (TPSA) is 96.4 Å². The summed E-state index contributed by atoms with van der Waals surface area (Å²) in [6.45, 7) is 1.78. The molecule has 1 aromatic heterocycles. The van der Waals surface area contributed by atoms with E-state index in [1.165, 1.54) is 23.5 Å². The van der Waals surface area contributed by atoms with Gasteiger partial charge in [-0.25, -0.2) is 18.2 Å². The number of nitrogens with zero attached hydrogens (tertiary/aromatic N) is 1. The van der Waals surface area contributed by atoms with Crippen molar-refractivity contribution in [2.45, 2.75) is 17.9 Å². The van der Waals surface area contributed by atoms with E-state index >= 15 is 0 Å². The number of hydrogen-bond donors (Lipinski definition) is 2. The van der Waals surface area contributed by atoms with Gasteiger partial charge in [0, 0.05) is 6.26 Å². The van der Waals surface area contributed by atoms with Gasteiger partial charge < -0.3 is 10.4 Å². The van der Waals surface area contributed by atoms with Gasteiger partial charge in [0.15, 0.2) is 21.0 Å². The van der Waals surface area contributed by atoms with Crippen LogP contribution in [0, 0.1) is 6.92 Å². The highest BCUT2D eigenvalue weighted by Gasteiger charge is 2.22. The summed E-state index contributed by atoms with van der Waals surface area (Å²) in [7, 11) is -3.48. The predicted molar refractivity (Wildman–Crippen MR) is 111 cm³/mol. The lowest BCUT2D eigenvalue weighted by atomic mass is 10.1. The van der Waals surface area contributed by atoms with E-state index in [1.54, 1.807) is 37.3 Å². The van der Waals surface area contributed by atoms with E-state index in [2.05, 4.69) is 10.3 Å². The lowest BCUT2D eigenvalue weighted by molar-refractivity contribution is -0.138. The van der Waals surface area contributed by atoms with Crippen molar-refractivity contribution in [3.63, 3.8) is 0 Å². The van der Waals surface area contributed by atoms with Crippen LogP contribution in [0.5, 0.6) is 0 Å². The van der Waals surface area contributed by atoms with Gasteiger partial charge in [-0.05, 0) is 30.2 Å². The Hall–Kier alpha value is -2.42. The fraction of sp³-hybridized carbons (Fsp3) is 0.158. The lowest BCUT2D eigenvalue weighted by Gasteiger charge is -2.13. The summed E-state index contributed by atoms with van der Waals surface area (Å²) in [6.07, 6.45) is 1.10. The SMILES string of the molecule is Cc1nc(N[C@@H](C(=O)O)c2ccccc2)sc1-c1ccc(Cl)c(S(C)(=O)=O)c1. The van der Waals surface area contributed by atoms with Gasteiger partial charge in [-0.15, -0.1) is 0 Å². The number of aryl methyl sites for hydroxylation is 1. The molecule has 0 bridgehead atoms. The van der Waals surface area contributed by atoms with Gasteiger partial charge in [-0.1, -0.05) is 59.3 Å². The molecule has 0 aliphatic heterocycles. The van der Waals surface area contributed by atoms with Crippen LogP contribution in [0.4, 0.5) is 5.13 Å². The van der Waals surface area contributed by atoms with Gasteiger partial charge in [-0.2, -0.15) is 0 Å². The second-order valence-corrected chi connectivity index (χ2v) is 9.57. The monoisotopic (exact) mass is 436 g/mol. The number of carboxylic acid groups (broad SMARTS) is 1. The highest BCUT2D eigenvalue weighted by molar-refractivity contribution is 7.90. The summed E-state index contributed by atoms with van der Waals surface area (Å²) in [5.41, 5.74) is 1.92. The highest BCUT2D eigenvalue weighted by Crippen LogP contribution is 2.36. The molecule has 1 atom stereocenters. The lowest BCUT2D eigenvalue weighted by Crippen LogP contribution is -2.20. The summed E-state index contributed by atoms with van der Waals surface area (Å²) in [5, 5.41) is 13.1. The number of benzene rings is 2. The van der Waals surface area contributed by atoms with Crippen molar-refractivity contribution in [2.75, 3.05) is 11.6 Å². The van der Waals surface area contributed by atoms with E-state index in [0.717, 1.165) is 11.1 Å². The van der Waals surface area contributed by atoms with Gasteiger partial charge in [0.2, 0.25) is 0 Å². The molecule has 0 spiro atoms. The van der Waals surface area contributed by atoms with Crippen LogP contribution < -0.4 is 5.32 Å². The molecule has 0 saturated carbocycles. The van der Waals surface area contributed by atoms with E-state index in [9.17, 15) is 18.3 Å². The van der Waals surface area contributed by atoms with Crippen LogP contribution in [-0.2, 0) is 14.6 Å². The third-order valence-corrected chi connectivity index (χ3v) is 6.75. The molecule has 6 nitrogen and oxygen atoms in total. The zero-order valence-corrected chi connectivity index (χ0v) is 17.4. The number of aromatic nitrogens is 1. The molecule has 1 heterocycles. The molecule has 0 unspecified atom stereocenters. The molecular weight excluding hydrogens is 420 g/mol. The first kappa shape index (κ1) is 20.3. The third-order valence-electron chi connectivity index (χ3n) is 4.04. The molecule has 2 aromatic carbocycles. The average molecular weight is 437 g/mol. The largest absolute Gasteiger partial charge is 0.479 e. The van der Waals surface area contributed by atoms with E-state index in [4.69, 9.17) is 11.6 Å². The summed E-state index contributed by atoms with van der Waals surface area (Å²) in [6, 6.07) is 12.6. The van der Waals surface area contributed by atoms with Crippen LogP contribution in [0.3, 0.4) is 0 Å². The van der Waals surface area contributed by atoms with Crippen LogP contribution >= 0.6 is 22.9 Å². The molecule has 0 saturated heterocycles. The Morgan fingerprint density at radius 3 is 2.50 bits per heavy atom. The number of nitrogens with one attached hydrogen (secondary N) is 1. The zero-order valence-electron chi connectivity index (χ0n) is 15.0. The second-order valence-electron chi connectivity index (χ2n) is 6.18. The Labute approximate surface area is 171 Å². The molecular formula is C19H17ClN2O4S2. The van der Waals surface area contributed by atoms with Crippen molar-refractivity contribution >= 4 is 43.9 Å². The van der Waals surface area contributed by atoms with E-state index in [-0.39, 0.29) is 9.92 Å². The van der Waals surface area contributed by atoms with Crippen LogP contribution in [0.15, 0.2) is 53.4 Å². The first-order valence-electron chi connectivity index (χ1n) is 8.18. The van der Waals surface area contributed by atoms with Crippen molar-refractivity contribution in [2.24, 2.45) is 0 Å². The van der Waals surface area contributed by atoms with Gasteiger partial charge in [0.1, 0.15) is 0 Å². The van der Waals surface area contributed by atoms with Crippen LogP contribution in [0.1, 0.15) is 17.3 Å². The zero-order chi connectivity index (χ0) is 20.5. The molecule has 3 aromatic rings. The molecule has 0 aliphatic carbocycles. The Morgan fingerprint density at radius 2 is 1.89 bits per heavy atom. The summed E-state index contributed by atoms with van der Waals surface area (Å²) in [4.78, 5) is 16.9. The summed E-state index contributed by atoms with van der Waals surface area (Å²) < 4.78 is 23.9. The normalized spacial score (nSPS) is 12.5. The third kappa shape index (κ3) is 4.35. The molecule has 3 rings (SSSR count). The highest BCUT2D eigenvalue weighted by atomic mass is 35.5. The minimum absolute atomic E-state index is 0.0432. The Kier molecular flexibility index (Phi) is 5.74. The average Bonchev–Trinajstić information content (AvgIpc) is 3.00. The van der Waals surface area contributed by atoms with Crippen LogP contribution in [-0.4, -0.2) is 30.7 Å². The molecule has 9 heteroatoms. The molecule has 0 radical (unpaired) electrons. The molecule has 0 amide bonds. The number of aliphatic carboxylic acids is 1. The molecule has 0 aliphatic rings. The quantitative estimate of drug-likeness (QED) is 0.594. The minimum Gasteiger partial charge on any atom is -0.479 e. The van der Waals surface area contributed by atoms with Crippen molar-refractivity contribution in [3.05, 3.63) is 64.8 Å². The van der Waals surface area contributed by atoms with Crippen molar-refractivity contribution < 1.29 is 18.3 Å². The van der Waals surface area contributed by atoms with Gasteiger partial charge in [-0.3, -0.25) is 0 Å². The fourth-order valence-electron chi connectivity index (χ4n) is 2.71. The number of sulfone groups is 1. The molecule has 0 fully saturated rings. The number of carbonyl (C=O) groups is 1. The van der Waals surface area contributed by atoms with Crippen molar-refractivity contribution in [3.8, 4) is 10.4 Å². The van der Waals surface area contributed by atoms with Crippen molar-refractivity contribution in [1.29, 1.82) is 0 Å². The number of rotatable bonds is 6. The van der Waals surface area contributed by atoms with Crippen molar-refractivity contribution in [1.82, 2.24) is 4.98 Å². The van der Waals surface area contributed by atoms with Gasteiger partial charge >= 0.3 is 5.97 Å². The number of anilines is 1. The second kappa shape index (κ2) is 7.90. The van der Waals surface area contributed by atoms with Gasteiger partial charge in [0.05, 0.1) is 20.5 Å². The summed E-state index contributed by atoms with van der Waals surface area (Å²) in [5.74, 6) is -1.02. The number of halogens is 1. The first-order chi connectivity index (χ1) is 13.2. The Morgan fingerprint density at radius 1 is 1.21 bits per heavy atom. The maximum atomic E-state index is 11.9. The van der Waals surface area contributed by atoms with Crippen LogP contribution in [0.2, 0.25) is 5.02 Å². The van der Waals surface area contributed by atoms with Gasteiger partial charge in [0.25, 0.3) is 0 Å². The molecule has 28 heavy (non-hydrogen) atoms. The fourth-order valence-corrected chi connectivity index (χ4v) is 5.00. The molecule has 2 N–H and O–H groups in total. The Balaban J connectivity index is 1.97. The standard InChI is InChI=1S/C19H17ClN2O4S2/c1-11-17(13-8-9-14(20)15(10-13)28(2,25)26)27-19(21-11)22-16(18(23)24)12-6-4-3-5-7-12/h3-10,16H,1-2H3,(H,21,22)(H,23,24)/t16-/m1/s1. The number of hydrogen-bond acceptors (Lipinski definition) is 6.